The molecule has 1 heterocycles. The molecular formula is C14H29N3O3S. The first-order valence-corrected chi connectivity index (χ1v) is 9.29. The van der Waals surface area contributed by atoms with Crippen LogP contribution in [-0.4, -0.2) is 79.5 Å². The Bertz CT molecular complexity index is 435. The topological polar surface area (TPSA) is 64.1 Å². The molecule has 0 bridgehead atoms. The lowest BCUT2D eigenvalue weighted by Crippen LogP contribution is -2.50. The third-order valence-electron chi connectivity index (χ3n) is 4.67. The van der Waals surface area contributed by atoms with Gasteiger partial charge in [0.2, 0.25) is 0 Å². The van der Waals surface area contributed by atoms with Crippen molar-refractivity contribution in [3.05, 3.63) is 0 Å². The number of nitrogens with zero attached hydrogens (tertiary/aromatic N) is 3. The van der Waals surface area contributed by atoms with E-state index >= 15 is 0 Å². The van der Waals surface area contributed by atoms with Gasteiger partial charge in [0.1, 0.15) is 0 Å². The number of likely N-dealkylation sites (N-methyl/N-ethyl adjacent to an activating group) is 1. The van der Waals surface area contributed by atoms with Gasteiger partial charge in [0, 0.05) is 32.2 Å². The van der Waals surface area contributed by atoms with Crippen molar-refractivity contribution >= 4 is 10.2 Å². The highest BCUT2D eigenvalue weighted by Crippen LogP contribution is 2.28. The number of hydrogen-bond donors (Lipinski definition) is 1. The summed E-state index contributed by atoms with van der Waals surface area (Å²) in [6.07, 6.45) is 5.29. The minimum atomic E-state index is -3.49. The fourth-order valence-corrected chi connectivity index (χ4v) is 5.34. The molecule has 1 saturated carbocycles. The van der Waals surface area contributed by atoms with E-state index in [4.69, 9.17) is 0 Å². The van der Waals surface area contributed by atoms with E-state index in [1.54, 1.807) is 11.4 Å². The Morgan fingerprint density at radius 1 is 1.14 bits per heavy atom. The quantitative estimate of drug-likeness (QED) is 0.801. The summed E-state index contributed by atoms with van der Waals surface area (Å²) in [5.74, 6) is 0. The average Bonchev–Trinajstić information content (AvgIpc) is 2.79. The highest BCUT2D eigenvalue weighted by molar-refractivity contribution is 7.86. The van der Waals surface area contributed by atoms with Crippen molar-refractivity contribution in [2.24, 2.45) is 0 Å². The summed E-state index contributed by atoms with van der Waals surface area (Å²) in [7, 11) is 2.07. The van der Waals surface area contributed by atoms with E-state index in [0.717, 1.165) is 25.7 Å². The van der Waals surface area contributed by atoms with Crippen molar-refractivity contribution in [2.75, 3.05) is 34.2 Å². The van der Waals surface area contributed by atoms with Crippen LogP contribution < -0.4 is 0 Å². The van der Waals surface area contributed by atoms with E-state index in [2.05, 4.69) is 0 Å². The fourth-order valence-electron chi connectivity index (χ4n) is 3.53. The van der Waals surface area contributed by atoms with Crippen LogP contribution in [0.2, 0.25) is 0 Å². The fraction of sp³-hybridized carbons (Fsp3) is 1.00. The van der Waals surface area contributed by atoms with E-state index in [0.29, 0.717) is 13.0 Å². The van der Waals surface area contributed by atoms with Crippen LogP contribution in [0.15, 0.2) is 0 Å². The zero-order valence-corrected chi connectivity index (χ0v) is 14.2. The molecule has 0 aromatic carbocycles. The van der Waals surface area contributed by atoms with Crippen LogP contribution in [0.3, 0.4) is 0 Å². The molecule has 0 radical (unpaired) electrons. The molecule has 2 fully saturated rings. The van der Waals surface area contributed by atoms with E-state index in [-0.39, 0.29) is 18.6 Å². The maximum Gasteiger partial charge on any atom is 0.282 e. The Labute approximate surface area is 128 Å². The molecule has 0 aromatic heterocycles. The molecule has 0 aromatic rings. The second-order valence-corrected chi connectivity index (χ2v) is 8.63. The number of hydrogen-bond acceptors (Lipinski definition) is 4. The van der Waals surface area contributed by atoms with Crippen LogP contribution >= 0.6 is 0 Å². The first kappa shape index (κ1) is 17.1. The maximum atomic E-state index is 12.9. The van der Waals surface area contributed by atoms with Crippen LogP contribution in [0.25, 0.3) is 0 Å². The number of β-amino-alcohol motifs (C(OH)–C–C–N with tert-alkyl or cyclic N) is 1. The van der Waals surface area contributed by atoms with Crippen LogP contribution in [0.1, 0.15) is 38.5 Å². The van der Waals surface area contributed by atoms with Gasteiger partial charge in [0.05, 0.1) is 6.10 Å². The predicted molar refractivity (Wildman–Crippen MR) is 83.2 cm³/mol. The molecule has 124 valence electrons. The molecule has 2 unspecified atom stereocenters. The Hall–Kier alpha value is -0.210. The van der Waals surface area contributed by atoms with Crippen molar-refractivity contribution < 1.29 is 13.5 Å². The minimum absolute atomic E-state index is 0.112. The van der Waals surface area contributed by atoms with Gasteiger partial charge in [-0.3, -0.25) is 0 Å². The van der Waals surface area contributed by atoms with Gasteiger partial charge >= 0.3 is 0 Å². The summed E-state index contributed by atoms with van der Waals surface area (Å²) >= 11 is 0. The Morgan fingerprint density at radius 3 is 2.33 bits per heavy atom. The van der Waals surface area contributed by atoms with Gasteiger partial charge in [-0.1, -0.05) is 19.3 Å². The van der Waals surface area contributed by atoms with Gasteiger partial charge < -0.3 is 10.0 Å². The third-order valence-corrected chi connectivity index (χ3v) is 6.73. The number of aliphatic hydroxyl groups excluding tert-OH is 1. The Balaban J connectivity index is 2.12. The van der Waals surface area contributed by atoms with Crippen molar-refractivity contribution in [3.8, 4) is 0 Å². The van der Waals surface area contributed by atoms with Crippen LogP contribution in [0, 0.1) is 0 Å². The van der Waals surface area contributed by atoms with E-state index in [1.807, 2.05) is 19.0 Å². The van der Waals surface area contributed by atoms with Crippen LogP contribution in [0.4, 0.5) is 0 Å². The summed E-state index contributed by atoms with van der Waals surface area (Å²) in [5.41, 5.74) is 0. The molecule has 0 spiro atoms. The highest BCUT2D eigenvalue weighted by Gasteiger charge is 2.42. The molecule has 7 heteroatoms. The van der Waals surface area contributed by atoms with Crippen molar-refractivity contribution in [1.82, 2.24) is 13.5 Å². The average molecular weight is 319 g/mol. The monoisotopic (exact) mass is 319 g/mol. The summed E-state index contributed by atoms with van der Waals surface area (Å²) in [4.78, 5) is 1.98. The van der Waals surface area contributed by atoms with E-state index < -0.39 is 16.3 Å². The lowest BCUT2D eigenvalue weighted by atomic mass is 9.96. The van der Waals surface area contributed by atoms with Gasteiger partial charge in [0.25, 0.3) is 10.2 Å². The van der Waals surface area contributed by atoms with E-state index in [1.165, 1.54) is 10.7 Å². The molecule has 2 aliphatic rings. The van der Waals surface area contributed by atoms with Gasteiger partial charge in [-0.15, -0.1) is 0 Å². The molecule has 0 amide bonds. The van der Waals surface area contributed by atoms with Gasteiger partial charge in [-0.25, -0.2) is 0 Å². The molecule has 1 aliphatic heterocycles. The molecule has 2 rings (SSSR count). The molecule has 1 N–H and O–H groups in total. The molecule has 21 heavy (non-hydrogen) atoms. The largest absolute Gasteiger partial charge is 0.392 e. The highest BCUT2D eigenvalue weighted by atomic mass is 32.2. The zero-order chi connectivity index (χ0) is 15.6. The molecule has 2 atom stereocenters. The molecule has 6 nitrogen and oxygen atoms in total. The van der Waals surface area contributed by atoms with Gasteiger partial charge in [-0.2, -0.15) is 17.0 Å². The SMILES string of the molecule is CN(C)CC1CC(O)CN1S(=O)(=O)N(C)C1CCCCC1. The summed E-state index contributed by atoms with van der Waals surface area (Å²) in [6.45, 7) is 0.868. The Kier molecular flexibility index (Phi) is 5.65. The predicted octanol–water partition coefficient (Wildman–Crippen LogP) is 0.493. The standard InChI is InChI=1S/C14H29N3O3S/c1-15(2)10-13-9-14(18)11-17(13)21(19,20)16(3)12-7-5-4-6-8-12/h12-14,18H,4-11H2,1-3H3. The molecule has 1 aliphatic carbocycles. The molecule has 1 saturated heterocycles. The van der Waals surface area contributed by atoms with Gasteiger partial charge in [-0.05, 0) is 33.4 Å². The van der Waals surface area contributed by atoms with Crippen molar-refractivity contribution in [3.63, 3.8) is 0 Å². The number of aliphatic hydroxyl groups is 1. The third kappa shape index (κ3) is 3.96. The van der Waals surface area contributed by atoms with Gasteiger partial charge in [0.15, 0.2) is 0 Å². The summed E-state index contributed by atoms with van der Waals surface area (Å²) in [6, 6.07) is -0.0208. The lowest BCUT2D eigenvalue weighted by molar-refractivity contribution is 0.186. The second kappa shape index (κ2) is 6.91. The zero-order valence-electron chi connectivity index (χ0n) is 13.4. The Morgan fingerprint density at radius 2 is 1.76 bits per heavy atom. The van der Waals surface area contributed by atoms with Crippen molar-refractivity contribution in [2.45, 2.75) is 56.7 Å². The summed E-state index contributed by atoms with van der Waals surface area (Å²) < 4.78 is 28.8. The van der Waals surface area contributed by atoms with Crippen LogP contribution in [0.5, 0.6) is 0 Å². The smallest absolute Gasteiger partial charge is 0.282 e. The normalized spacial score (nSPS) is 29.6. The first-order chi connectivity index (χ1) is 9.82. The number of rotatable bonds is 5. The molecular weight excluding hydrogens is 290 g/mol. The minimum Gasteiger partial charge on any atom is -0.392 e. The van der Waals surface area contributed by atoms with Crippen molar-refractivity contribution in [1.29, 1.82) is 0 Å². The van der Waals surface area contributed by atoms with E-state index in [9.17, 15) is 13.5 Å². The second-order valence-electron chi connectivity index (χ2n) is 6.69. The lowest BCUT2D eigenvalue weighted by Gasteiger charge is -2.35. The maximum absolute atomic E-state index is 12.9. The summed E-state index contributed by atoms with van der Waals surface area (Å²) in [5, 5.41) is 9.90. The van der Waals surface area contributed by atoms with Crippen LogP contribution in [-0.2, 0) is 10.2 Å². The first-order valence-electron chi connectivity index (χ1n) is 7.90.